The van der Waals surface area contributed by atoms with Gasteiger partial charge in [-0.1, -0.05) is 6.07 Å². The second-order valence-electron chi connectivity index (χ2n) is 3.21. The van der Waals surface area contributed by atoms with Gasteiger partial charge in [0.2, 0.25) is 0 Å². The summed E-state index contributed by atoms with van der Waals surface area (Å²) in [6.07, 6.45) is 2.94. The molecule has 2 aromatic heterocycles. The second-order valence-corrected chi connectivity index (χ2v) is 3.21. The van der Waals surface area contributed by atoms with Gasteiger partial charge in [-0.3, -0.25) is 4.79 Å². The molecule has 0 unspecified atom stereocenters. The molecule has 82 valence electrons. The molecule has 1 amide bonds. The van der Waals surface area contributed by atoms with E-state index in [1.165, 1.54) is 12.3 Å². The van der Waals surface area contributed by atoms with Crippen molar-refractivity contribution in [3.05, 3.63) is 54.0 Å². The number of anilines is 1. The molecular formula is C12H8N4O. The van der Waals surface area contributed by atoms with E-state index < -0.39 is 0 Å². The summed E-state index contributed by atoms with van der Waals surface area (Å²) in [5.74, 6) is 0.108. The van der Waals surface area contributed by atoms with Crippen molar-refractivity contribution in [3.63, 3.8) is 0 Å². The monoisotopic (exact) mass is 224 g/mol. The van der Waals surface area contributed by atoms with Gasteiger partial charge in [-0.15, -0.1) is 0 Å². The molecule has 0 aliphatic rings. The van der Waals surface area contributed by atoms with Crippen molar-refractivity contribution in [1.29, 1.82) is 5.26 Å². The van der Waals surface area contributed by atoms with Crippen molar-refractivity contribution in [1.82, 2.24) is 9.97 Å². The summed E-state index contributed by atoms with van der Waals surface area (Å²) in [4.78, 5) is 19.6. The van der Waals surface area contributed by atoms with Crippen LogP contribution in [-0.2, 0) is 0 Å². The van der Waals surface area contributed by atoms with Crippen LogP contribution < -0.4 is 5.32 Å². The Labute approximate surface area is 97.8 Å². The topological polar surface area (TPSA) is 78.7 Å². The zero-order chi connectivity index (χ0) is 12.1. The number of nitriles is 1. The first kappa shape index (κ1) is 10.8. The summed E-state index contributed by atoms with van der Waals surface area (Å²) in [5, 5.41) is 11.2. The van der Waals surface area contributed by atoms with E-state index in [0.717, 1.165) is 0 Å². The Balaban J connectivity index is 2.13. The molecule has 0 aromatic carbocycles. The first-order chi connectivity index (χ1) is 8.29. The third kappa shape index (κ3) is 2.63. The van der Waals surface area contributed by atoms with Crippen LogP contribution in [0.2, 0.25) is 0 Å². The largest absolute Gasteiger partial charge is 0.305 e. The fourth-order valence-corrected chi connectivity index (χ4v) is 1.21. The number of pyridine rings is 2. The molecule has 0 fully saturated rings. The van der Waals surface area contributed by atoms with E-state index in [-0.39, 0.29) is 11.6 Å². The van der Waals surface area contributed by atoms with E-state index in [2.05, 4.69) is 15.3 Å². The molecule has 0 aliphatic carbocycles. The molecule has 0 bridgehead atoms. The maximum absolute atomic E-state index is 11.7. The number of hydrogen-bond acceptors (Lipinski definition) is 4. The summed E-state index contributed by atoms with van der Waals surface area (Å²) >= 11 is 0. The van der Waals surface area contributed by atoms with Gasteiger partial charge in [0.05, 0.1) is 5.56 Å². The van der Waals surface area contributed by atoms with Crippen LogP contribution in [0.25, 0.3) is 0 Å². The second kappa shape index (κ2) is 4.86. The number of amides is 1. The molecule has 17 heavy (non-hydrogen) atoms. The highest BCUT2D eigenvalue weighted by Gasteiger charge is 2.07. The van der Waals surface area contributed by atoms with Crippen molar-refractivity contribution < 1.29 is 4.79 Å². The van der Waals surface area contributed by atoms with Gasteiger partial charge in [0, 0.05) is 12.4 Å². The van der Waals surface area contributed by atoms with Gasteiger partial charge in [-0.05, 0) is 24.3 Å². The van der Waals surface area contributed by atoms with Crippen LogP contribution >= 0.6 is 0 Å². The van der Waals surface area contributed by atoms with Crippen LogP contribution in [0.3, 0.4) is 0 Å². The van der Waals surface area contributed by atoms with E-state index in [9.17, 15) is 4.79 Å². The highest BCUT2D eigenvalue weighted by molar-refractivity contribution is 6.02. The average molecular weight is 224 g/mol. The number of rotatable bonds is 2. The van der Waals surface area contributed by atoms with Gasteiger partial charge < -0.3 is 5.32 Å². The summed E-state index contributed by atoms with van der Waals surface area (Å²) in [5.41, 5.74) is 0.661. The third-order valence-electron chi connectivity index (χ3n) is 2.03. The first-order valence-electron chi connectivity index (χ1n) is 4.88. The lowest BCUT2D eigenvalue weighted by Gasteiger charge is -2.02. The van der Waals surface area contributed by atoms with Gasteiger partial charge in [0.15, 0.2) is 0 Å². The first-order valence-corrected chi connectivity index (χ1v) is 4.88. The Hall–Kier alpha value is -2.74. The SMILES string of the molecule is N#Cc1ccc(C(=O)Nc2ccccn2)nc1. The molecule has 5 heteroatoms. The molecular weight excluding hydrogens is 216 g/mol. The van der Waals surface area contributed by atoms with Crippen molar-refractivity contribution in [2.45, 2.75) is 0 Å². The Bertz CT molecular complexity index is 557. The minimum atomic E-state index is -0.354. The van der Waals surface area contributed by atoms with Crippen LogP contribution in [0.5, 0.6) is 0 Å². The standard InChI is InChI=1S/C12H8N4O/c13-7-9-4-5-10(15-8-9)12(17)16-11-3-1-2-6-14-11/h1-6,8H,(H,14,16,17). The lowest BCUT2D eigenvalue weighted by atomic mass is 10.2. The smallest absolute Gasteiger partial charge is 0.275 e. The van der Waals surface area contributed by atoms with Crippen molar-refractivity contribution in [2.24, 2.45) is 0 Å². The highest BCUT2D eigenvalue weighted by Crippen LogP contribution is 2.04. The summed E-state index contributed by atoms with van der Waals surface area (Å²) in [6.45, 7) is 0. The molecule has 5 nitrogen and oxygen atoms in total. The fourth-order valence-electron chi connectivity index (χ4n) is 1.21. The molecule has 2 rings (SSSR count). The highest BCUT2D eigenvalue weighted by atomic mass is 16.1. The molecule has 0 radical (unpaired) electrons. The Morgan fingerprint density at radius 1 is 1.24 bits per heavy atom. The molecule has 2 aromatic rings. The average Bonchev–Trinajstić information content (AvgIpc) is 2.40. The number of carbonyl (C=O) groups excluding carboxylic acids is 1. The van der Waals surface area contributed by atoms with E-state index in [0.29, 0.717) is 11.4 Å². The Morgan fingerprint density at radius 3 is 2.71 bits per heavy atom. The summed E-state index contributed by atoms with van der Waals surface area (Å²) < 4.78 is 0. The van der Waals surface area contributed by atoms with Gasteiger partial charge in [-0.2, -0.15) is 5.26 Å². The van der Waals surface area contributed by atoms with Gasteiger partial charge in [-0.25, -0.2) is 9.97 Å². The lowest BCUT2D eigenvalue weighted by molar-refractivity contribution is 0.102. The molecule has 2 heterocycles. The maximum atomic E-state index is 11.7. The van der Waals surface area contributed by atoms with E-state index >= 15 is 0 Å². The van der Waals surface area contributed by atoms with Crippen LogP contribution in [-0.4, -0.2) is 15.9 Å². The summed E-state index contributed by atoms with van der Waals surface area (Å²) in [7, 11) is 0. The number of hydrogen-bond donors (Lipinski definition) is 1. The zero-order valence-corrected chi connectivity index (χ0v) is 8.79. The zero-order valence-electron chi connectivity index (χ0n) is 8.79. The molecule has 0 aliphatic heterocycles. The minimum Gasteiger partial charge on any atom is -0.305 e. The van der Waals surface area contributed by atoms with E-state index in [1.807, 2.05) is 6.07 Å². The normalized spacial score (nSPS) is 9.35. The van der Waals surface area contributed by atoms with Crippen molar-refractivity contribution >= 4 is 11.7 Å². The quantitative estimate of drug-likeness (QED) is 0.840. The molecule has 0 spiro atoms. The number of carbonyl (C=O) groups is 1. The van der Waals surface area contributed by atoms with Gasteiger partial charge in [0.1, 0.15) is 17.6 Å². The third-order valence-corrected chi connectivity index (χ3v) is 2.03. The predicted octanol–water partition coefficient (Wildman–Crippen LogP) is 1.60. The van der Waals surface area contributed by atoms with E-state index in [1.54, 1.807) is 30.5 Å². The fraction of sp³-hybridized carbons (Fsp3) is 0. The van der Waals surface area contributed by atoms with Gasteiger partial charge >= 0.3 is 0 Å². The molecule has 0 atom stereocenters. The maximum Gasteiger partial charge on any atom is 0.275 e. The Morgan fingerprint density at radius 2 is 2.12 bits per heavy atom. The molecule has 0 saturated carbocycles. The van der Waals surface area contributed by atoms with Crippen molar-refractivity contribution in [3.8, 4) is 6.07 Å². The minimum absolute atomic E-state index is 0.245. The van der Waals surface area contributed by atoms with Crippen molar-refractivity contribution in [2.75, 3.05) is 5.32 Å². The van der Waals surface area contributed by atoms with Crippen LogP contribution in [0.15, 0.2) is 42.7 Å². The van der Waals surface area contributed by atoms with Gasteiger partial charge in [0.25, 0.3) is 5.91 Å². The number of nitrogens with one attached hydrogen (secondary N) is 1. The van der Waals surface area contributed by atoms with Crippen LogP contribution in [0, 0.1) is 11.3 Å². The van der Waals surface area contributed by atoms with E-state index in [4.69, 9.17) is 5.26 Å². The number of nitrogens with zero attached hydrogens (tertiary/aromatic N) is 3. The molecule has 1 N–H and O–H groups in total. The van der Waals surface area contributed by atoms with Crippen LogP contribution in [0.4, 0.5) is 5.82 Å². The predicted molar refractivity (Wildman–Crippen MR) is 61.1 cm³/mol. The molecule has 0 saturated heterocycles. The van der Waals surface area contributed by atoms with Crippen LogP contribution in [0.1, 0.15) is 16.1 Å². The lowest BCUT2D eigenvalue weighted by Crippen LogP contribution is -2.14. The Kier molecular flexibility index (Phi) is 3.08. The summed E-state index contributed by atoms with van der Waals surface area (Å²) in [6, 6.07) is 10.2. The number of aromatic nitrogens is 2.